The van der Waals surface area contributed by atoms with Crippen LogP contribution in [0.5, 0.6) is 5.75 Å². The lowest BCUT2D eigenvalue weighted by atomic mass is 10.2. The summed E-state index contributed by atoms with van der Waals surface area (Å²) in [7, 11) is 0. The minimum atomic E-state index is -0.454. The molecule has 0 heterocycles. The van der Waals surface area contributed by atoms with Crippen molar-refractivity contribution < 1.29 is 13.9 Å². The maximum absolute atomic E-state index is 13.1. The highest BCUT2D eigenvalue weighted by atomic mass is 19.1. The van der Waals surface area contributed by atoms with Crippen LogP contribution in [0, 0.1) is 12.7 Å². The van der Waals surface area contributed by atoms with Crippen molar-refractivity contribution in [3.8, 4) is 5.75 Å². The maximum Gasteiger partial charge on any atom is 0.257 e. The summed E-state index contributed by atoms with van der Waals surface area (Å²) in [5, 5.41) is 2.56. The molecule has 0 saturated heterocycles. The zero-order valence-corrected chi connectivity index (χ0v) is 8.84. The first kappa shape index (κ1) is 11.5. The molecule has 0 bridgehead atoms. The lowest BCUT2D eigenvalue weighted by molar-refractivity contribution is -0.123. The average Bonchev–Trinajstić information content (AvgIpc) is 2.20. The molecule has 0 aliphatic heterocycles. The van der Waals surface area contributed by atoms with Gasteiger partial charge >= 0.3 is 0 Å². The van der Waals surface area contributed by atoms with Gasteiger partial charge in [0.15, 0.2) is 18.2 Å². The SMILES string of the molecule is CCNC(=O)COc1cc(C)ccc1F. The zero-order valence-electron chi connectivity index (χ0n) is 8.84. The molecule has 0 atom stereocenters. The van der Waals surface area contributed by atoms with Gasteiger partial charge in [0.25, 0.3) is 5.91 Å². The van der Waals surface area contributed by atoms with E-state index >= 15 is 0 Å². The molecule has 1 aromatic carbocycles. The Kier molecular flexibility index (Phi) is 4.09. The molecule has 0 fully saturated rings. The third-order valence-corrected chi connectivity index (χ3v) is 1.82. The molecular formula is C11H14FNO2. The molecule has 1 N–H and O–H groups in total. The second-order valence-corrected chi connectivity index (χ2v) is 3.18. The fourth-order valence-electron chi connectivity index (χ4n) is 1.11. The molecule has 0 saturated carbocycles. The van der Waals surface area contributed by atoms with E-state index in [1.807, 2.05) is 13.8 Å². The van der Waals surface area contributed by atoms with Gasteiger partial charge in [0.2, 0.25) is 0 Å². The monoisotopic (exact) mass is 211 g/mol. The van der Waals surface area contributed by atoms with Crippen LogP contribution >= 0.6 is 0 Å². The number of nitrogens with one attached hydrogen (secondary N) is 1. The summed E-state index contributed by atoms with van der Waals surface area (Å²) in [6, 6.07) is 4.53. The van der Waals surface area contributed by atoms with E-state index in [2.05, 4.69) is 5.32 Å². The molecule has 0 spiro atoms. The highest BCUT2D eigenvalue weighted by Gasteiger charge is 2.05. The fourth-order valence-corrected chi connectivity index (χ4v) is 1.11. The van der Waals surface area contributed by atoms with Crippen LogP contribution in [0.2, 0.25) is 0 Å². The molecule has 1 amide bonds. The van der Waals surface area contributed by atoms with E-state index in [0.29, 0.717) is 6.54 Å². The molecule has 82 valence electrons. The molecule has 0 aromatic heterocycles. The second kappa shape index (κ2) is 5.34. The number of carbonyl (C=O) groups is 1. The van der Waals surface area contributed by atoms with Gasteiger partial charge < -0.3 is 10.1 Å². The van der Waals surface area contributed by atoms with Crippen molar-refractivity contribution in [2.45, 2.75) is 13.8 Å². The predicted molar refractivity (Wildman–Crippen MR) is 55.3 cm³/mol. The fraction of sp³-hybridized carbons (Fsp3) is 0.364. The molecule has 0 unspecified atom stereocenters. The van der Waals surface area contributed by atoms with Gasteiger partial charge in [-0.05, 0) is 31.5 Å². The minimum absolute atomic E-state index is 0.112. The van der Waals surface area contributed by atoms with E-state index in [1.165, 1.54) is 6.07 Å². The number of rotatable bonds is 4. The van der Waals surface area contributed by atoms with E-state index < -0.39 is 5.82 Å². The van der Waals surface area contributed by atoms with E-state index in [4.69, 9.17) is 4.74 Å². The van der Waals surface area contributed by atoms with Gasteiger partial charge in [0.1, 0.15) is 0 Å². The normalized spacial score (nSPS) is 9.80. The van der Waals surface area contributed by atoms with Crippen LogP contribution in [0.1, 0.15) is 12.5 Å². The van der Waals surface area contributed by atoms with Crippen LogP contribution < -0.4 is 10.1 Å². The van der Waals surface area contributed by atoms with Crippen molar-refractivity contribution in [3.63, 3.8) is 0 Å². The van der Waals surface area contributed by atoms with Crippen LogP contribution in [-0.2, 0) is 4.79 Å². The zero-order chi connectivity index (χ0) is 11.3. The van der Waals surface area contributed by atoms with Crippen molar-refractivity contribution in [2.75, 3.05) is 13.2 Å². The number of halogens is 1. The van der Waals surface area contributed by atoms with Gasteiger partial charge in [-0.1, -0.05) is 6.07 Å². The topological polar surface area (TPSA) is 38.3 Å². The number of aryl methyl sites for hydroxylation is 1. The van der Waals surface area contributed by atoms with E-state index in [0.717, 1.165) is 5.56 Å². The van der Waals surface area contributed by atoms with E-state index in [1.54, 1.807) is 12.1 Å². The van der Waals surface area contributed by atoms with Crippen LogP contribution in [0.3, 0.4) is 0 Å². The number of amides is 1. The maximum atomic E-state index is 13.1. The lowest BCUT2D eigenvalue weighted by Crippen LogP contribution is -2.28. The Labute approximate surface area is 88.2 Å². The highest BCUT2D eigenvalue weighted by Crippen LogP contribution is 2.17. The predicted octanol–water partition coefficient (Wildman–Crippen LogP) is 1.65. The first-order chi connectivity index (χ1) is 7.13. The number of benzene rings is 1. The number of hydrogen-bond acceptors (Lipinski definition) is 2. The summed E-state index contributed by atoms with van der Waals surface area (Å²) in [6.07, 6.45) is 0. The van der Waals surface area contributed by atoms with Crippen molar-refractivity contribution in [1.82, 2.24) is 5.32 Å². The number of likely N-dealkylation sites (N-methyl/N-ethyl adjacent to an activating group) is 1. The smallest absolute Gasteiger partial charge is 0.257 e. The molecule has 0 radical (unpaired) electrons. The Morgan fingerprint density at radius 2 is 2.27 bits per heavy atom. The second-order valence-electron chi connectivity index (χ2n) is 3.18. The van der Waals surface area contributed by atoms with Gasteiger partial charge in [0.05, 0.1) is 0 Å². The Hall–Kier alpha value is -1.58. The third-order valence-electron chi connectivity index (χ3n) is 1.82. The molecule has 15 heavy (non-hydrogen) atoms. The van der Waals surface area contributed by atoms with Crippen LogP contribution in [0.4, 0.5) is 4.39 Å². The summed E-state index contributed by atoms with van der Waals surface area (Å²) in [5.74, 6) is -0.593. The Morgan fingerprint density at radius 3 is 2.93 bits per heavy atom. The Balaban J connectivity index is 2.57. The summed E-state index contributed by atoms with van der Waals surface area (Å²) in [6.45, 7) is 4.02. The van der Waals surface area contributed by atoms with Gasteiger partial charge in [-0.2, -0.15) is 0 Å². The molecular weight excluding hydrogens is 197 g/mol. The number of hydrogen-bond donors (Lipinski definition) is 1. The molecule has 1 rings (SSSR count). The largest absolute Gasteiger partial charge is 0.481 e. The van der Waals surface area contributed by atoms with Gasteiger partial charge in [-0.3, -0.25) is 4.79 Å². The standard InChI is InChI=1S/C11H14FNO2/c1-3-13-11(14)7-15-10-6-8(2)4-5-9(10)12/h4-6H,3,7H2,1-2H3,(H,13,14). The van der Waals surface area contributed by atoms with Crippen molar-refractivity contribution >= 4 is 5.91 Å². The number of carbonyl (C=O) groups excluding carboxylic acids is 1. The summed E-state index contributed by atoms with van der Waals surface area (Å²) >= 11 is 0. The quantitative estimate of drug-likeness (QED) is 0.822. The van der Waals surface area contributed by atoms with Crippen LogP contribution in [-0.4, -0.2) is 19.1 Å². The third kappa shape index (κ3) is 3.58. The molecule has 4 heteroatoms. The van der Waals surface area contributed by atoms with Crippen molar-refractivity contribution in [1.29, 1.82) is 0 Å². The summed E-state index contributed by atoms with van der Waals surface area (Å²) in [5.41, 5.74) is 0.891. The highest BCUT2D eigenvalue weighted by molar-refractivity contribution is 5.77. The van der Waals surface area contributed by atoms with Crippen LogP contribution in [0.25, 0.3) is 0 Å². The van der Waals surface area contributed by atoms with Gasteiger partial charge in [0, 0.05) is 6.54 Å². The molecule has 3 nitrogen and oxygen atoms in total. The molecule has 0 aliphatic carbocycles. The Morgan fingerprint density at radius 1 is 1.53 bits per heavy atom. The average molecular weight is 211 g/mol. The summed E-state index contributed by atoms with van der Waals surface area (Å²) < 4.78 is 18.2. The first-order valence-corrected chi connectivity index (χ1v) is 4.79. The minimum Gasteiger partial charge on any atom is -0.481 e. The van der Waals surface area contributed by atoms with Crippen molar-refractivity contribution in [3.05, 3.63) is 29.6 Å². The van der Waals surface area contributed by atoms with Crippen molar-refractivity contribution in [2.24, 2.45) is 0 Å². The number of ether oxygens (including phenoxy) is 1. The Bertz CT molecular complexity index is 352. The van der Waals surface area contributed by atoms with Gasteiger partial charge in [-0.25, -0.2) is 4.39 Å². The van der Waals surface area contributed by atoms with Gasteiger partial charge in [-0.15, -0.1) is 0 Å². The van der Waals surface area contributed by atoms with Crippen LogP contribution in [0.15, 0.2) is 18.2 Å². The lowest BCUT2D eigenvalue weighted by Gasteiger charge is -2.07. The molecule has 0 aliphatic rings. The van der Waals surface area contributed by atoms with E-state index in [-0.39, 0.29) is 18.3 Å². The summed E-state index contributed by atoms with van der Waals surface area (Å²) in [4.78, 5) is 11.1. The molecule has 1 aromatic rings. The van der Waals surface area contributed by atoms with E-state index in [9.17, 15) is 9.18 Å². The first-order valence-electron chi connectivity index (χ1n) is 4.79.